The molecular weight excluding hydrogens is 596 g/mol. The van der Waals surface area contributed by atoms with Crippen molar-refractivity contribution in [2.45, 2.75) is 130 Å². The lowest BCUT2D eigenvalue weighted by molar-refractivity contribution is -0.218. The summed E-state index contributed by atoms with van der Waals surface area (Å²) in [5.74, 6) is 1.53. The molecular formula is C42H58N2O4. The molecule has 0 aliphatic heterocycles. The zero-order valence-corrected chi connectivity index (χ0v) is 30.4. The van der Waals surface area contributed by atoms with Crippen LogP contribution >= 0.6 is 0 Å². The summed E-state index contributed by atoms with van der Waals surface area (Å²) in [6.45, 7) is 21.1. The Bertz CT molecular complexity index is 1590. The first-order valence-corrected chi connectivity index (χ1v) is 18.8. The maximum Gasteiger partial charge on any atom is 0.329 e. The van der Waals surface area contributed by atoms with Crippen molar-refractivity contribution in [1.29, 1.82) is 0 Å². The predicted molar refractivity (Wildman–Crippen MR) is 190 cm³/mol. The fraction of sp³-hybridized carbons (Fsp3) is 0.690. The number of hydrogen-bond acceptors (Lipinski definition) is 3. The number of allylic oxidation sites excluding steroid dienone is 3. The molecule has 6 aliphatic carbocycles. The molecule has 48 heavy (non-hydrogen) atoms. The summed E-state index contributed by atoms with van der Waals surface area (Å²) in [4.78, 5) is 37.4. The lowest BCUT2D eigenvalue weighted by atomic mass is 9.33. The summed E-state index contributed by atoms with van der Waals surface area (Å²) in [6, 6.07) is 7.98. The van der Waals surface area contributed by atoms with Gasteiger partial charge in [0.15, 0.2) is 5.78 Å². The molecule has 6 heteroatoms. The largest absolute Gasteiger partial charge is 0.480 e. The van der Waals surface area contributed by atoms with E-state index in [9.17, 15) is 19.5 Å². The minimum atomic E-state index is -1.09. The van der Waals surface area contributed by atoms with E-state index in [0.29, 0.717) is 42.4 Å². The Hall–Kier alpha value is -2.89. The van der Waals surface area contributed by atoms with Crippen molar-refractivity contribution < 1.29 is 19.5 Å². The zero-order valence-electron chi connectivity index (χ0n) is 30.4. The van der Waals surface area contributed by atoms with Crippen molar-refractivity contribution in [3.05, 3.63) is 53.6 Å². The van der Waals surface area contributed by atoms with E-state index in [2.05, 4.69) is 77.0 Å². The van der Waals surface area contributed by atoms with Crippen molar-refractivity contribution in [1.82, 2.24) is 10.6 Å². The molecule has 2 amide bonds. The van der Waals surface area contributed by atoms with Gasteiger partial charge in [-0.15, -0.1) is 0 Å². The van der Waals surface area contributed by atoms with E-state index >= 15 is 0 Å². The number of carbonyl (C=O) groups excluding carboxylic acids is 2. The van der Waals surface area contributed by atoms with Gasteiger partial charge in [-0.1, -0.05) is 77.1 Å². The monoisotopic (exact) mass is 654 g/mol. The summed E-state index contributed by atoms with van der Waals surface area (Å²) in [7, 11) is 0. The van der Waals surface area contributed by atoms with Crippen molar-refractivity contribution >= 4 is 23.4 Å². The number of Topliss-reactive ketones (excluding diaryl/α,β-unsaturated/α-hetero) is 1. The molecule has 260 valence electrons. The first-order chi connectivity index (χ1) is 22.4. The Morgan fingerprint density at radius 1 is 0.792 bits per heavy atom. The molecule has 9 atom stereocenters. The molecule has 0 aromatic heterocycles. The van der Waals surface area contributed by atoms with Crippen LogP contribution in [0.4, 0.5) is 4.79 Å². The van der Waals surface area contributed by atoms with Crippen molar-refractivity contribution in [3.8, 4) is 0 Å². The summed E-state index contributed by atoms with van der Waals surface area (Å²) in [5, 5.41) is 16.1. The maximum absolute atomic E-state index is 13.5. The van der Waals surface area contributed by atoms with Gasteiger partial charge >= 0.3 is 12.0 Å². The van der Waals surface area contributed by atoms with Crippen LogP contribution in [0.25, 0.3) is 5.57 Å². The molecule has 6 aliphatic rings. The number of nitrogens with one attached hydrogen (secondary N) is 2. The molecule has 5 fully saturated rings. The molecule has 0 heterocycles. The molecule has 0 unspecified atom stereocenters. The van der Waals surface area contributed by atoms with Crippen LogP contribution in [0.1, 0.15) is 135 Å². The second-order valence-electron chi connectivity index (χ2n) is 18.5. The highest BCUT2D eigenvalue weighted by atomic mass is 16.4. The average molecular weight is 655 g/mol. The van der Waals surface area contributed by atoms with E-state index in [1.54, 1.807) is 6.92 Å². The topological polar surface area (TPSA) is 95.5 Å². The van der Waals surface area contributed by atoms with Crippen LogP contribution in [0.3, 0.4) is 0 Å². The SMILES string of the molecule is C=C(C)[C@@H]1CC[C@]2(NC(=O)NC3(C(=O)O)CC3)CC[C@]3(C)[C@H](CC[C@@H]4[C@@]5(C)CC=C(c6ccc(C(C)=O)cc6)C(C)(C)[C@@H]5CC[C@]43C)[C@@H]12. The van der Waals surface area contributed by atoms with Gasteiger partial charge in [-0.25, -0.2) is 9.59 Å². The summed E-state index contributed by atoms with van der Waals surface area (Å²) >= 11 is 0. The number of carboxylic acids is 1. The second-order valence-corrected chi connectivity index (χ2v) is 18.5. The number of ketones is 1. The van der Waals surface area contributed by atoms with Gasteiger partial charge in [0.25, 0.3) is 0 Å². The van der Waals surface area contributed by atoms with E-state index in [0.717, 1.165) is 37.7 Å². The summed E-state index contributed by atoms with van der Waals surface area (Å²) in [6.07, 6.45) is 13.4. The van der Waals surface area contributed by atoms with E-state index in [1.165, 1.54) is 42.4 Å². The van der Waals surface area contributed by atoms with Gasteiger partial charge in [-0.05, 0) is 147 Å². The molecule has 5 saturated carbocycles. The number of urea groups is 1. The smallest absolute Gasteiger partial charge is 0.329 e. The van der Waals surface area contributed by atoms with E-state index in [1.807, 2.05) is 12.1 Å². The molecule has 0 spiro atoms. The zero-order chi connectivity index (χ0) is 34.7. The highest BCUT2D eigenvalue weighted by Crippen LogP contribution is 2.76. The van der Waals surface area contributed by atoms with Crippen LogP contribution in [0.15, 0.2) is 42.5 Å². The molecule has 0 radical (unpaired) electrons. The number of aliphatic carboxylic acids is 1. The Balaban J connectivity index is 1.19. The lowest BCUT2D eigenvalue weighted by Gasteiger charge is -2.72. The highest BCUT2D eigenvalue weighted by Gasteiger charge is 2.71. The first kappa shape index (κ1) is 33.6. The molecule has 6 nitrogen and oxygen atoms in total. The van der Waals surface area contributed by atoms with Crippen molar-refractivity contribution in [2.75, 3.05) is 0 Å². The van der Waals surface area contributed by atoms with Crippen molar-refractivity contribution in [3.63, 3.8) is 0 Å². The second kappa shape index (κ2) is 10.8. The standard InChI is InChI=1S/C42H58N2O4/c1-25(2)29-15-20-41(43-36(48)44-42(23-24-42)35(46)47)22-21-39(7)31(34(29)41)13-14-33-38(6)18-16-30(28-11-9-27(10-12-28)26(3)45)37(4,5)32(38)17-19-40(33,39)8/h9-12,16,29,31-34H,1,13-15,17-24H2,2-8H3,(H,46,47)(H2,43,44,48)/t29-,31+,32-,33+,34+,38-,39+,40+,41-/m0/s1. The third-order valence-electron chi connectivity index (χ3n) is 16.1. The number of hydrogen-bond donors (Lipinski definition) is 3. The van der Waals surface area contributed by atoms with E-state index < -0.39 is 11.5 Å². The van der Waals surface area contributed by atoms with E-state index in [4.69, 9.17) is 0 Å². The summed E-state index contributed by atoms with van der Waals surface area (Å²) < 4.78 is 0. The fourth-order valence-corrected chi connectivity index (χ4v) is 13.3. The van der Waals surface area contributed by atoms with Crippen LogP contribution in [0.2, 0.25) is 0 Å². The number of carboxylic acid groups (broad SMARTS) is 1. The molecule has 3 N–H and O–H groups in total. The predicted octanol–water partition coefficient (Wildman–Crippen LogP) is 9.21. The maximum atomic E-state index is 13.5. The van der Waals surface area contributed by atoms with Crippen LogP contribution in [-0.4, -0.2) is 34.0 Å². The Labute approximate surface area is 288 Å². The Kier molecular flexibility index (Phi) is 7.56. The van der Waals surface area contributed by atoms with Crippen LogP contribution in [0.5, 0.6) is 0 Å². The molecule has 1 aromatic rings. The molecule has 7 rings (SSSR count). The summed E-state index contributed by atoms with van der Waals surface area (Å²) in [5.41, 5.74) is 3.81. The average Bonchev–Trinajstić information content (AvgIpc) is 3.69. The third-order valence-corrected chi connectivity index (χ3v) is 16.1. The number of carbonyl (C=O) groups is 3. The van der Waals surface area contributed by atoms with Gasteiger partial charge in [-0.2, -0.15) is 0 Å². The molecule has 0 saturated heterocycles. The van der Waals surface area contributed by atoms with Gasteiger partial charge in [-0.3, -0.25) is 4.79 Å². The Morgan fingerprint density at radius 3 is 2.08 bits per heavy atom. The van der Waals surface area contributed by atoms with Gasteiger partial charge in [0.05, 0.1) is 0 Å². The number of fused-ring (bicyclic) bond motifs is 7. The number of amides is 2. The fourth-order valence-electron chi connectivity index (χ4n) is 13.3. The van der Waals surface area contributed by atoms with Gasteiger partial charge in [0, 0.05) is 11.1 Å². The van der Waals surface area contributed by atoms with Gasteiger partial charge in [0.2, 0.25) is 0 Å². The lowest BCUT2D eigenvalue weighted by Crippen LogP contribution is -2.69. The van der Waals surface area contributed by atoms with Crippen LogP contribution < -0.4 is 10.6 Å². The van der Waals surface area contributed by atoms with Crippen molar-refractivity contribution in [2.24, 2.45) is 51.2 Å². The minimum absolute atomic E-state index is 0.0220. The third kappa shape index (κ3) is 4.59. The quantitative estimate of drug-likeness (QED) is 0.211. The van der Waals surface area contributed by atoms with E-state index in [-0.39, 0.29) is 39.0 Å². The van der Waals surface area contributed by atoms with Crippen LogP contribution in [0, 0.1) is 51.2 Å². The molecule has 1 aromatic carbocycles. The number of benzene rings is 1. The normalized spacial score (nSPS) is 41.7. The Morgan fingerprint density at radius 2 is 1.48 bits per heavy atom. The van der Waals surface area contributed by atoms with Gasteiger partial charge in [0.1, 0.15) is 5.54 Å². The first-order valence-electron chi connectivity index (χ1n) is 18.8. The van der Waals surface area contributed by atoms with Gasteiger partial charge < -0.3 is 15.7 Å². The number of rotatable bonds is 6. The minimum Gasteiger partial charge on any atom is -0.480 e. The highest BCUT2D eigenvalue weighted by molar-refractivity contribution is 5.94. The van der Waals surface area contributed by atoms with Crippen LogP contribution in [-0.2, 0) is 4.79 Å². The molecule has 0 bridgehead atoms.